The average Bonchev–Trinajstić information content (AvgIpc) is 2.94. The van der Waals surface area contributed by atoms with E-state index in [0.29, 0.717) is 18.8 Å². The molecule has 2 heterocycles. The summed E-state index contributed by atoms with van der Waals surface area (Å²) in [6, 6.07) is 2.05. The molecule has 0 atom stereocenters. The largest absolute Gasteiger partial charge is 0.484 e. The lowest BCUT2D eigenvalue weighted by atomic mass is 10.2. The van der Waals surface area contributed by atoms with Crippen molar-refractivity contribution in [2.45, 2.75) is 32.9 Å². The van der Waals surface area contributed by atoms with Gasteiger partial charge >= 0.3 is 0 Å². The Balaban J connectivity index is 2.02. The van der Waals surface area contributed by atoms with E-state index >= 15 is 0 Å². The molecule has 2 aromatic rings. The molecule has 0 radical (unpaired) electrons. The Morgan fingerprint density at radius 1 is 1.38 bits per heavy atom. The number of hydrogen-bond donors (Lipinski definition) is 1. The Labute approximate surface area is 123 Å². The van der Waals surface area contributed by atoms with E-state index in [4.69, 9.17) is 9.84 Å². The fourth-order valence-corrected chi connectivity index (χ4v) is 1.74. The van der Waals surface area contributed by atoms with Crippen molar-refractivity contribution in [1.29, 1.82) is 0 Å². The van der Waals surface area contributed by atoms with Crippen molar-refractivity contribution in [3.8, 4) is 17.6 Å². The molecule has 0 spiro atoms. The summed E-state index contributed by atoms with van der Waals surface area (Å²) in [5.74, 6) is 7.17. The highest BCUT2D eigenvalue weighted by atomic mass is 16.5. The van der Waals surface area contributed by atoms with Crippen LogP contribution in [0.15, 0.2) is 24.8 Å². The molecule has 1 N–H and O–H groups in total. The number of pyridine rings is 1. The SMILES string of the molecule is CC(C)n1ncnc1COc1cncc(C#CCCO)c1. The molecule has 0 amide bonds. The fraction of sp³-hybridized carbons (Fsp3) is 0.400. The Bertz CT molecular complexity index is 640. The van der Waals surface area contributed by atoms with E-state index in [1.54, 1.807) is 12.4 Å². The molecular formula is C15H18N4O2. The van der Waals surface area contributed by atoms with E-state index in [1.807, 2.05) is 24.6 Å². The zero-order chi connectivity index (χ0) is 15.1. The third-order valence-corrected chi connectivity index (χ3v) is 2.69. The molecule has 21 heavy (non-hydrogen) atoms. The van der Waals surface area contributed by atoms with Crippen LogP contribution in [0.3, 0.4) is 0 Å². The van der Waals surface area contributed by atoms with Gasteiger partial charge in [0.1, 0.15) is 18.7 Å². The Kier molecular flexibility index (Phi) is 5.29. The van der Waals surface area contributed by atoms with Crippen molar-refractivity contribution in [2.24, 2.45) is 0 Å². The van der Waals surface area contributed by atoms with Crippen molar-refractivity contribution in [2.75, 3.05) is 6.61 Å². The molecule has 0 saturated heterocycles. The van der Waals surface area contributed by atoms with Gasteiger partial charge in [-0.3, -0.25) is 4.98 Å². The van der Waals surface area contributed by atoms with Crippen LogP contribution in [0.5, 0.6) is 5.75 Å². The van der Waals surface area contributed by atoms with Gasteiger partial charge in [0.2, 0.25) is 0 Å². The first kappa shape index (κ1) is 15.0. The lowest BCUT2D eigenvalue weighted by Gasteiger charge is -2.10. The lowest BCUT2D eigenvalue weighted by Crippen LogP contribution is -2.10. The van der Waals surface area contributed by atoms with Crippen molar-refractivity contribution in [1.82, 2.24) is 19.7 Å². The highest BCUT2D eigenvalue weighted by Crippen LogP contribution is 2.13. The van der Waals surface area contributed by atoms with E-state index in [2.05, 4.69) is 26.9 Å². The van der Waals surface area contributed by atoms with Crippen LogP contribution in [0.1, 0.15) is 37.7 Å². The first-order valence-corrected chi connectivity index (χ1v) is 6.76. The highest BCUT2D eigenvalue weighted by Gasteiger charge is 2.08. The molecule has 0 saturated carbocycles. The molecule has 2 rings (SSSR count). The first-order valence-electron chi connectivity index (χ1n) is 6.76. The van der Waals surface area contributed by atoms with Crippen LogP contribution in [0.2, 0.25) is 0 Å². The van der Waals surface area contributed by atoms with E-state index < -0.39 is 0 Å². The van der Waals surface area contributed by atoms with Crippen LogP contribution < -0.4 is 4.74 Å². The van der Waals surface area contributed by atoms with Crippen LogP contribution >= 0.6 is 0 Å². The van der Waals surface area contributed by atoms with Crippen LogP contribution in [0.4, 0.5) is 0 Å². The minimum Gasteiger partial charge on any atom is -0.484 e. The molecule has 0 aliphatic carbocycles. The topological polar surface area (TPSA) is 73.1 Å². The predicted octanol–water partition coefficient (Wildman–Crippen LogP) is 1.57. The third-order valence-electron chi connectivity index (χ3n) is 2.69. The number of aliphatic hydroxyl groups is 1. The smallest absolute Gasteiger partial charge is 0.165 e. The Hall–Kier alpha value is -2.39. The molecule has 0 fully saturated rings. The van der Waals surface area contributed by atoms with Crippen LogP contribution in [0.25, 0.3) is 0 Å². The van der Waals surface area contributed by atoms with Gasteiger partial charge in [0.15, 0.2) is 5.82 Å². The first-order chi connectivity index (χ1) is 10.2. The monoisotopic (exact) mass is 286 g/mol. The molecule has 0 unspecified atom stereocenters. The molecule has 110 valence electrons. The number of rotatable bonds is 5. The molecule has 6 nitrogen and oxygen atoms in total. The summed E-state index contributed by atoms with van der Waals surface area (Å²) in [7, 11) is 0. The Morgan fingerprint density at radius 2 is 2.24 bits per heavy atom. The second-order valence-corrected chi connectivity index (χ2v) is 4.69. The molecule has 0 aliphatic rings. The molecular weight excluding hydrogens is 268 g/mol. The maximum Gasteiger partial charge on any atom is 0.165 e. The number of nitrogens with zero attached hydrogens (tertiary/aromatic N) is 4. The van der Waals surface area contributed by atoms with Crippen molar-refractivity contribution < 1.29 is 9.84 Å². The van der Waals surface area contributed by atoms with Crippen LogP contribution in [-0.4, -0.2) is 31.5 Å². The molecule has 6 heteroatoms. The molecule has 0 aliphatic heterocycles. The summed E-state index contributed by atoms with van der Waals surface area (Å²) in [4.78, 5) is 8.27. The molecule has 2 aromatic heterocycles. The van der Waals surface area contributed by atoms with E-state index in [0.717, 1.165) is 11.4 Å². The zero-order valence-corrected chi connectivity index (χ0v) is 12.2. The van der Waals surface area contributed by atoms with Gasteiger partial charge in [0.05, 0.1) is 12.8 Å². The number of aromatic nitrogens is 4. The van der Waals surface area contributed by atoms with Crippen LogP contribution in [0, 0.1) is 11.8 Å². The minimum atomic E-state index is 0.0570. The summed E-state index contributed by atoms with van der Waals surface area (Å²) in [5, 5.41) is 12.9. The lowest BCUT2D eigenvalue weighted by molar-refractivity contribution is 0.281. The van der Waals surface area contributed by atoms with Gasteiger partial charge in [0.25, 0.3) is 0 Å². The molecule has 0 aromatic carbocycles. The van der Waals surface area contributed by atoms with Crippen molar-refractivity contribution >= 4 is 0 Å². The van der Waals surface area contributed by atoms with Gasteiger partial charge in [0, 0.05) is 24.2 Å². The maximum absolute atomic E-state index is 8.70. The van der Waals surface area contributed by atoms with Crippen LogP contribution in [-0.2, 0) is 6.61 Å². The number of ether oxygens (including phenoxy) is 1. The van der Waals surface area contributed by atoms with Gasteiger partial charge < -0.3 is 9.84 Å². The van der Waals surface area contributed by atoms with Crippen molar-refractivity contribution in [3.63, 3.8) is 0 Å². The zero-order valence-electron chi connectivity index (χ0n) is 12.2. The second-order valence-electron chi connectivity index (χ2n) is 4.69. The maximum atomic E-state index is 8.70. The quantitative estimate of drug-likeness (QED) is 0.845. The van der Waals surface area contributed by atoms with E-state index in [-0.39, 0.29) is 12.6 Å². The van der Waals surface area contributed by atoms with Gasteiger partial charge in [-0.2, -0.15) is 5.10 Å². The second kappa shape index (κ2) is 7.41. The summed E-state index contributed by atoms with van der Waals surface area (Å²) in [5.41, 5.74) is 0.756. The van der Waals surface area contributed by atoms with Gasteiger partial charge in [-0.1, -0.05) is 11.8 Å². The highest BCUT2D eigenvalue weighted by molar-refractivity contribution is 5.36. The fourth-order valence-electron chi connectivity index (χ4n) is 1.74. The predicted molar refractivity (Wildman–Crippen MR) is 77.6 cm³/mol. The molecule has 0 bridgehead atoms. The summed E-state index contributed by atoms with van der Waals surface area (Å²) in [6.07, 6.45) is 5.26. The van der Waals surface area contributed by atoms with E-state index in [9.17, 15) is 0 Å². The average molecular weight is 286 g/mol. The number of aliphatic hydroxyl groups excluding tert-OH is 1. The van der Waals surface area contributed by atoms with Gasteiger partial charge in [-0.05, 0) is 19.9 Å². The van der Waals surface area contributed by atoms with E-state index in [1.165, 1.54) is 6.33 Å². The van der Waals surface area contributed by atoms with Gasteiger partial charge in [-0.25, -0.2) is 9.67 Å². The number of hydrogen-bond acceptors (Lipinski definition) is 5. The van der Waals surface area contributed by atoms with Gasteiger partial charge in [-0.15, -0.1) is 0 Å². The normalized spacial score (nSPS) is 10.3. The summed E-state index contributed by atoms with van der Waals surface area (Å²) < 4.78 is 7.50. The summed E-state index contributed by atoms with van der Waals surface area (Å²) in [6.45, 7) is 4.46. The third kappa shape index (κ3) is 4.29. The Morgan fingerprint density at radius 3 is 3.00 bits per heavy atom. The standard InChI is InChI=1S/C15H18N4O2/c1-12(2)19-15(17-11-18-19)10-21-14-7-13(8-16-9-14)5-3-4-6-20/h7-9,11-12,20H,4,6,10H2,1-2H3. The minimum absolute atomic E-state index is 0.0570. The van der Waals surface area contributed by atoms with Crippen molar-refractivity contribution in [3.05, 3.63) is 36.2 Å². The summed E-state index contributed by atoms with van der Waals surface area (Å²) >= 11 is 0.